The third-order valence-electron chi connectivity index (χ3n) is 3.59. The first-order valence-electron chi connectivity index (χ1n) is 7.06. The average Bonchev–Trinajstić information content (AvgIpc) is 2.53. The number of carbonyl (C=O) groups excluding carboxylic acids is 1. The van der Waals surface area contributed by atoms with Gasteiger partial charge in [-0.1, -0.05) is 24.9 Å². The van der Waals surface area contributed by atoms with Crippen LogP contribution >= 0.6 is 11.6 Å². The summed E-state index contributed by atoms with van der Waals surface area (Å²) in [5.74, 6) is -0.136. The summed E-state index contributed by atoms with van der Waals surface area (Å²) in [6.07, 6.45) is 4.62. The molecule has 1 aliphatic heterocycles. The van der Waals surface area contributed by atoms with Crippen LogP contribution in [0.2, 0.25) is 5.15 Å². The second-order valence-corrected chi connectivity index (χ2v) is 5.37. The first kappa shape index (κ1) is 15.7. The fraction of sp³-hybridized carbons (Fsp3) is 0.571. The molecule has 1 amide bonds. The zero-order valence-corrected chi connectivity index (χ0v) is 12.8. The molecule has 0 bridgehead atoms. The number of aromatic nitrogens is 2. The molecule has 1 atom stereocenters. The van der Waals surface area contributed by atoms with Gasteiger partial charge in [-0.05, 0) is 6.42 Å². The van der Waals surface area contributed by atoms with Crippen molar-refractivity contribution in [2.75, 3.05) is 26.2 Å². The second-order valence-electron chi connectivity index (χ2n) is 4.99. The molecule has 112 valence electrons. The van der Waals surface area contributed by atoms with Crippen LogP contribution in [-0.2, 0) is 0 Å². The lowest BCUT2D eigenvalue weighted by atomic mass is 10.1. The van der Waals surface area contributed by atoms with E-state index >= 15 is 0 Å². The van der Waals surface area contributed by atoms with Crippen LogP contribution in [0.25, 0.3) is 0 Å². The number of hydrogen-bond donors (Lipinski definition) is 0. The number of nitrogens with zero attached hydrogens (tertiary/aromatic N) is 5. The number of halogens is 1. The van der Waals surface area contributed by atoms with Crippen molar-refractivity contribution in [3.8, 4) is 6.07 Å². The molecule has 1 aromatic heterocycles. The standard InChI is InChI=1S/C14H18ClN5O/c1-2-3-11(8-16)19-4-6-20(7-5-19)14(21)12-9-18-13(15)10-17-12/h9-11H,2-7H2,1H3. The maximum Gasteiger partial charge on any atom is 0.274 e. The van der Waals surface area contributed by atoms with Gasteiger partial charge in [0, 0.05) is 26.2 Å². The summed E-state index contributed by atoms with van der Waals surface area (Å²) in [6.45, 7) is 4.70. The smallest absolute Gasteiger partial charge is 0.274 e. The van der Waals surface area contributed by atoms with E-state index in [0.29, 0.717) is 31.9 Å². The molecule has 0 radical (unpaired) electrons. The Bertz CT molecular complexity index is 519. The van der Waals surface area contributed by atoms with E-state index < -0.39 is 0 Å². The van der Waals surface area contributed by atoms with Crippen molar-refractivity contribution in [2.24, 2.45) is 0 Å². The third kappa shape index (κ3) is 3.90. The Hall–Kier alpha value is -1.71. The molecule has 21 heavy (non-hydrogen) atoms. The van der Waals surface area contributed by atoms with Crippen LogP contribution in [0.5, 0.6) is 0 Å². The van der Waals surface area contributed by atoms with Crippen LogP contribution in [-0.4, -0.2) is 57.9 Å². The number of carbonyl (C=O) groups is 1. The lowest BCUT2D eigenvalue weighted by molar-refractivity contribution is 0.0595. The van der Waals surface area contributed by atoms with E-state index in [1.165, 1.54) is 12.4 Å². The normalized spacial score (nSPS) is 17.3. The van der Waals surface area contributed by atoms with Crippen LogP contribution in [0.3, 0.4) is 0 Å². The average molecular weight is 308 g/mol. The van der Waals surface area contributed by atoms with Crippen LogP contribution in [0.4, 0.5) is 0 Å². The van der Waals surface area contributed by atoms with E-state index in [-0.39, 0.29) is 17.1 Å². The van der Waals surface area contributed by atoms with Gasteiger partial charge in [0.25, 0.3) is 5.91 Å². The first-order valence-corrected chi connectivity index (χ1v) is 7.44. The van der Waals surface area contributed by atoms with Crippen molar-refractivity contribution >= 4 is 17.5 Å². The van der Waals surface area contributed by atoms with Crippen molar-refractivity contribution in [2.45, 2.75) is 25.8 Å². The van der Waals surface area contributed by atoms with Crippen LogP contribution < -0.4 is 0 Å². The summed E-state index contributed by atoms with van der Waals surface area (Å²) in [5, 5.41) is 9.46. The topological polar surface area (TPSA) is 73.1 Å². The van der Waals surface area contributed by atoms with Gasteiger partial charge in [-0.25, -0.2) is 9.97 Å². The molecule has 0 aromatic carbocycles. The molecule has 2 rings (SSSR count). The fourth-order valence-corrected chi connectivity index (χ4v) is 2.52. The van der Waals surface area contributed by atoms with Crippen molar-refractivity contribution in [3.63, 3.8) is 0 Å². The van der Waals surface area contributed by atoms with E-state index in [9.17, 15) is 10.1 Å². The minimum atomic E-state index is -0.136. The Kier molecular flexibility index (Phi) is 5.48. The van der Waals surface area contributed by atoms with Crippen molar-refractivity contribution < 1.29 is 4.79 Å². The van der Waals surface area contributed by atoms with Gasteiger partial charge in [0.05, 0.1) is 24.5 Å². The highest BCUT2D eigenvalue weighted by molar-refractivity contribution is 6.29. The minimum absolute atomic E-state index is 0.0532. The zero-order valence-electron chi connectivity index (χ0n) is 12.0. The molecule has 0 spiro atoms. The summed E-state index contributed by atoms with van der Waals surface area (Å²) in [7, 11) is 0. The molecular weight excluding hydrogens is 290 g/mol. The molecule has 2 heterocycles. The van der Waals surface area contributed by atoms with Crippen LogP contribution in [0.1, 0.15) is 30.3 Å². The molecule has 0 saturated carbocycles. The maximum absolute atomic E-state index is 12.3. The lowest BCUT2D eigenvalue weighted by Crippen LogP contribution is -2.51. The van der Waals surface area contributed by atoms with Gasteiger partial charge in [0.2, 0.25) is 0 Å². The SMILES string of the molecule is CCCC(C#N)N1CCN(C(=O)c2cnc(Cl)cn2)CC1. The van der Waals surface area contributed by atoms with E-state index in [4.69, 9.17) is 11.6 Å². The molecule has 1 aromatic rings. The second kappa shape index (κ2) is 7.34. The predicted octanol–water partition coefficient (Wildman–Crippen LogP) is 1.58. The number of hydrogen-bond acceptors (Lipinski definition) is 5. The quantitative estimate of drug-likeness (QED) is 0.844. The van der Waals surface area contributed by atoms with E-state index in [0.717, 1.165) is 12.8 Å². The molecule has 1 unspecified atom stereocenters. The van der Waals surface area contributed by atoms with Crippen molar-refractivity contribution in [3.05, 3.63) is 23.2 Å². The number of piperazine rings is 1. The van der Waals surface area contributed by atoms with Gasteiger partial charge in [-0.15, -0.1) is 0 Å². The maximum atomic E-state index is 12.3. The van der Waals surface area contributed by atoms with Gasteiger partial charge < -0.3 is 4.90 Å². The lowest BCUT2D eigenvalue weighted by Gasteiger charge is -2.36. The van der Waals surface area contributed by atoms with E-state index in [2.05, 4.69) is 27.9 Å². The Balaban J connectivity index is 1.93. The summed E-state index contributed by atoms with van der Waals surface area (Å²) < 4.78 is 0. The van der Waals surface area contributed by atoms with Gasteiger partial charge in [0.1, 0.15) is 10.8 Å². The minimum Gasteiger partial charge on any atom is -0.335 e. The summed E-state index contributed by atoms with van der Waals surface area (Å²) in [6, 6.07) is 2.29. The molecule has 1 aliphatic rings. The highest BCUT2D eigenvalue weighted by atomic mass is 35.5. The van der Waals surface area contributed by atoms with Gasteiger partial charge in [-0.2, -0.15) is 5.26 Å². The van der Waals surface area contributed by atoms with Crippen molar-refractivity contribution in [1.29, 1.82) is 5.26 Å². The number of nitriles is 1. The molecule has 6 nitrogen and oxygen atoms in total. The number of rotatable bonds is 4. The molecule has 0 aliphatic carbocycles. The Morgan fingerprint density at radius 3 is 2.62 bits per heavy atom. The molecule has 1 fully saturated rings. The molecule has 1 saturated heterocycles. The Labute approximate surface area is 129 Å². The van der Waals surface area contributed by atoms with Crippen LogP contribution in [0, 0.1) is 11.3 Å². The highest BCUT2D eigenvalue weighted by Crippen LogP contribution is 2.12. The molecule has 7 heteroatoms. The Morgan fingerprint density at radius 2 is 2.10 bits per heavy atom. The fourth-order valence-electron chi connectivity index (χ4n) is 2.42. The number of amides is 1. The van der Waals surface area contributed by atoms with Gasteiger partial charge in [-0.3, -0.25) is 9.69 Å². The summed E-state index contributed by atoms with van der Waals surface area (Å²) >= 11 is 5.67. The predicted molar refractivity (Wildman–Crippen MR) is 78.8 cm³/mol. The molecular formula is C14H18ClN5O. The monoisotopic (exact) mass is 307 g/mol. The highest BCUT2D eigenvalue weighted by Gasteiger charge is 2.26. The largest absolute Gasteiger partial charge is 0.335 e. The van der Waals surface area contributed by atoms with Crippen molar-refractivity contribution in [1.82, 2.24) is 19.8 Å². The van der Waals surface area contributed by atoms with E-state index in [1.807, 2.05) is 0 Å². The third-order valence-corrected chi connectivity index (χ3v) is 3.79. The summed E-state index contributed by atoms with van der Waals surface area (Å²) in [4.78, 5) is 24.0. The van der Waals surface area contributed by atoms with E-state index in [1.54, 1.807) is 4.90 Å². The first-order chi connectivity index (χ1) is 10.2. The Morgan fingerprint density at radius 1 is 1.38 bits per heavy atom. The van der Waals surface area contributed by atoms with Gasteiger partial charge >= 0.3 is 0 Å². The zero-order chi connectivity index (χ0) is 15.2. The summed E-state index contributed by atoms with van der Waals surface area (Å²) in [5.41, 5.74) is 0.304. The molecule has 0 N–H and O–H groups in total. The van der Waals surface area contributed by atoms with Gasteiger partial charge in [0.15, 0.2) is 0 Å². The van der Waals surface area contributed by atoms with Crippen LogP contribution in [0.15, 0.2) is 12.4 Å².